The van der Waals surface area contributed by atoms with Gasteiger partial charge in [-0.05, 0) is 45.0 Å². The lowest BCUT2D eigenvalue weighted by Crippen LogP contribution is -2.09. The van der Waals surface area contributed by atoms with Crippen LogP contribution in [0.4, 0.5) is 0 Å². The van der Waals surface area contributed by atoms with E-state index in [4.69, 9.17) is 14.0 Å². The van der Waals surface area contributed by atoms with Crippen LogP contribution in [0.5, 0.6) is 5.75 Å². The van der Waals surface area contributed by atoms with Crippen LogP contribution < -0.4 is 4.74 Å². The fourth-order valence-corrected chi connectivity index (χ4v) is 2.51. The number of hydrogen-bond donors (Lipinski definition) is 0. The fraction of sp³-hybridized carbons (Fsp3) is 0.278. The second-order valence-electron chi connectivity index (χ2n) is 5.56. The number of carbonyl (C=O) groups is 1. The molecule has 3 rings (SSSR count). The molecule has 6 nitrogen and oxygen atoms in total. The number of carbonyl (C=O) groups excluding carboxylic acids is 1. The number of hydrogen-bond acceptors (Lipinski definition) is 6. The van der Waals surface area contributed by atoms with E-state index in [-0.39, 0.29) is 6.61 Å². The van der Waals surface area contributed by atoms with Crippen LogP contribution in [0.25, 0.3) is 10.9 Å². The van der Waals surface area contributed by atoms with Gasteiger partial charge < -0.3 is 14.0 Å². The maximum atomic E-state index is 12.4. The lowest BCUT2D eigenvalue weighted by atomic mass is 10.1. The molecule has 0 saturated carbocycles. The van der Waals surface area contributed by atoms with Gasteiger partial charge in [-0.25, -0.2) is 4.79 Å². The molecule has 2 heterocycles. The zero-order valence-electron chi connectivity index (χ0n) is 14.0. The van der Waals surface area contributed by atoms with Gasteiger partial charge in [-0.3, -0.25) is 4.98 Å². The highest BCUT2D eigenvalue weighted by molar-refractivity contribution is 5.95. The Balaban J connectivity index is 1.87. The van der Waals surface area contributed by atoms with Gasteiger partial charge in [-0.15, -0.1) is 0 Å². The molecular formula is C18H18N2O4. The van der Waals surface area contributed by atoms with Crippen LogP contribution in [0.3, 0.4) is 0 Å². The molecule has 0 bridgehead atoms. The highest BCUT2D eigenvalue weighted by Gasteiger charge is 2.16. The Morgan fingerprint density at radius 3 is 2.62 bits per heavy atom. The van der Waals surface area contributed by atoms with Crippen LogP contribution in [-0.2, 0) is 11.3 Å². The van der Waals surface area contributed by atoms with Crippen molar-refractivity contribution in [3.63, 3.8) is 0 Å². The van der Waals surface area contributed by atoms with E-state index < -0.39 is 5.97 Å². The number of nitrogens with zero attached hydrogens (tertiary/aromatic N) is 2. The summed E-state index contributed by atoms with van der Waals surface area (Å²) in [6, 6.07) is 7.31. The van der Waals surface area contributed by atoms with Crippen molar-refractivity contribution in [2.24, 2.45) is 0 Å². The fourth-order valence-electron chi connectivity index (χ4n) is 2.51. The van der Waals surface area contributed by atoms with Gasteiger partial charge in [0, 0.05) is 5.39 Å². The first kappa shape index (κ1) is 16.0. The van der Waals surface area contributed by atoms with Crippen molar-refractivity contribution in [1.29, 1.82) is 0 Å². The molecule has 0 N–H and O–H groups in total. The number of ether oxygens (including phenoxy) is 2. The van der Waals surface area contributed by atoms with E-state index in [9.17, 15) is 4.79 Å². The molecule has 0 fully saturated rings. The summed E-state index contributed by atoms with van der Waals surface area (Å²) in [5.74, 6) is 0.936. The van der Waals surface area contributed by atoms with Gasteiger partial charge in [0.15, 0.2) is 0 Å². The molecule has 0 amide bonds. The van der Waals surface area contributed by atoms with Crippen molar-refractivity contribution in [3.8, 4) is 5.75 Å². The Morgan fingerprint density at radius 1 is 1.17 bits per heavy atom. The minimum atomic E-state index is -0.426. The average Bonchev–Trinajstić information content (AvgIpc) is 2.90. The summed E-state index contributed by atoms with van der Waals surface area (Å²) in [7, 11) is 1.60. The molecule has 1 aromatic carbocycles. The molecule has 0 spiro atoms. The summed E-state index contributed by atoms with van der Waals surface area (Å²) in [6.07, 6.45) is 0. The smallest absolute Gasteiger partial charge is 0.340 e. The van der Waals surface area contributed by atoms with Crippen LogP contribution in [-0.4, -0.2) is 23.2 Å². The zero-order chi connectivity index (χ0) is 17.3. The summed E-state index contributed by atoms with van der Waals surface area (Å²) in [5.41, 5.74) is 3.37. The first-order valence-electron chi connectivity index (χ1n) is 7.54. The SMILES string of the molecule is COc1ccc2nc(C)c(C(=O)OCc3c(C)noc3C)cc2c1. The van der Waals surface area contributed by atoms with Crippen molar-refractivity contribution in [1.82, 2.24) is 10.1 Å². The Morgan fingerprint density at radius 2 is 1.96 bits per heavy atom. The number of aromatic nitrogens is 2. The predicted octanol–water partition coefficient (Wildman–Crippen LogP) is 3.51. The monoisotopic (exact) mass is 326 g/mol. The maximum absolute atomic E-state index is 12.4. The number of methoxy groups -OCH3 is 1. The third-order valence-electron chi connectivity index (χ3n) is 3.96. The van der Waals surface area contributed by atoms with E-state index in [1.54, 1.807) is 27.0 Å². The van der Waals surface area contributed by atoms with E-state index in [2.05, 4.69) is 10.1 Å². The summed E-state index contributed by atoms with van der Waals surface area (Å²) in [4.78, 5) is 16.9. The van der Waals surface area contributed by atoms with Gasteiger partial charge in [0.25, 0.3) is 0 Å². The zero-order valence-corrected chi connectivity index (χ0v) is 14.0. The van der Waals surface area contributed by atoms with Crippen molar-refractivity contribution < 1.29 is 18.8 Å². The minimum absolute atomic E-state index is 0.121. The van der Waals surface area contributed by atoms with Gasteiger partial charge in [-0.1, -0.05) is 5.16 Å². The molecule has 0 saturated heterocycles. The Kier molecular flexibility index (Phi) is 4.20. The average molecular weight is 326 g/mol. The number of aryl methyl sites for hydroxylation is 3. The quantitative estimate of drug-likeness (QED) is 0.683. The Labute approximate surface area is 139 Å². The van der Waals surface area contributed by atoms with Gasteiger partial charge >= 0.3 is 5.97 Å². The van der Waals surface area contributed by atoms with Crippen LogP contribution in [0.1, 0.15) is 33.1 Å². The normalized spacial score (nSPS) is 10.8. The van der Waals surface area contributed by atoms with Crippen molar-refractivity contribution in [2.75, 3.05) is 7.11 Å². The van der Waals surface area contributed by atoms with Gasteiger partial charge in [0.2, 0.25) is 0 Å². The first-order chi connectivity index (χ1) is 11.5. The second-order valence-corrected chi connectivity index (χ2v) is 5.56. The number of rotatable bonds is 4. The van der Waals surface area contributed by atoms with E-state index in [0.29, 0.717) is 22.8 Å². The Bertz CT molecular complexity index is 895. The van der Waals surface area contributed by atoms with E-state index in [1.165, 1.54) is 0 Å². The molecular weight excluding hydrogens is 308 g/mol. The minimum Gasteiger partial charge on any atom is -0.497 e. The van der Waals surface area contributed by atoms with Crippen LogP contribution in [0.2, 0.25) is 0 Å². The number of benzene rings is 1. The van der Waals surface area contributed by atoms with Gasteiger partial charge in [0.1, 0.15) is 18.1 Å². The maximum Gasteiger partial charge on any atom is 0.340 e. The lowest BCUT2D eigenvalue weighted by Gasteiger charge is -2.09. The summed E-state index contributed by atoms with van der Waals surface area (Å²) < 4.78 is 15.7. The van der Waals surface area contributed by atoms with E-state index in [1.807, 2.05) is 25.1 Å². The first-order valence-corrected chi connectivity index (χ1v) is 7.54. The molecule has 3 aromatic rings. The van der Waals surface area contributed by atoms with Gasteiger partial charge in [0.05, 0.1) is 35.1 Å². The number of esters is 1. The molecule has 24 heavy (non-hydrogen) atoms. The standard InChI is InChI=1S/C18H18N2O4/c1-10-15(8-13-7-14(22-4)5-6-17(13)19-10)18(21)23-9-16-11(2)20-24-12(16)3/h5-8H,9H2,1-4H3. The third-order valence-corrected chi connectivity index (χ3v) is 3.96. The molecule has 0 atom stereocenters. The number of fused-ring (bicyclic) bond motifs is 1. The van der Waals surface area contributed by atoms with Crippen molar-refractivity contribution in [2.45, 2.75) is 27.4 Å². The molecule has 0 aliphatic heterocycles. The highest BCUT2D eigenvalue weighted by atomic mass is 16.5. The molecule has 0 unspecified atom stereocenters. The molecule has 124 valence electrons. The van der Waals surface area contributed by atoms with E-state index >= 15 is 0 Å². The molecule has 0 aliphatic carbocycles. The van der Waals surface area contributed by atoms with Crippen molar-refractivity contribution in [3.05, 3.63) is 52.5 Å². The lowest BCUT2D eigenvalue weighted by molar-refractivity contribution is 0.0469. The third kappa shape index (κ3) is 2.95. The number of pyridine rings is 1. The van der Waals surface area contributed by atoms with Crippen molar-refractivity contribution >= 4 is 16.9 Å². The summed E-state index contributed by atoms with van der Waals surface area (Å²) in [5, 5.41) is 4.68. The largest absolute Gasteiger partial charge is 0.497 e. The Hall–Kier alpha value is -2.89. The molecule has 6 heteroatoms. The van der Waals surface area contributed by atoms with Crippen LogP contribution >= 0.6 is 0 Å². The topological polar surface area (TPSA) is 74.5 Å². The van der Waals surface area contributed by atoms with Crippen LogP contribution in [0, 0.1) is 20.8 Å². The predicted molar refractivity (Wildman–Crippen MR) is 88.1 cm³/mol. The molecule has 0 aliphatic rings. The van der Waals surface area contributed by atoms with Gasteiger partial charge in [-0.2, -0.15) is 0 Å². The molecule has 2 aromatic heterocycles. The summed E-state index contributed by atoms with van der Waals surface area (Å²) >= 11 is 0. The molecule has 0 radical (unpaired) electrons. The highest BCUT2D eigenvalue weighted by Crippen LogP contribution is 2.23. The van der Waals surface area contributed by atoms with E-state index in [0.717, 1.165) is 22.2 Å². The van der Waals surface area contributed by atoms with Crippen LogP contribution in [0.15, 0.2) is 28.8 Å². The summed E-state index contributed by atoms with van der Waals surface area (Å²) in [6.45, 7) is 5.51. The second kappa shape index (κ2) is 6.31.